The van der Waals surface area contributed by atoms with Crippen LogP contribution in [0.5, 0.6) is 23.0 Å². The lowest BCUT2D eigenvalue weighted by Gasteiger charge is -2.25. The number of hydrogen-bond acceptors (Lipinski definition) is 6. The number of aryl methyl sites for hydroxylation is 2. The molecular formula is C22H25NO6. The molecule has 1 amide bonds. The molecule has 154 valence electrons. The zero-order valence-electron chi connectivity index (χ0n) is 16.6. The second-order valence-corrected chi connectivity index (χ2v) is 7.36. The van der Waals surface area contributed by atoms with Crippen LogP contribution in [0.15, 0.2) is 30.3 Å². The molecule has 7 nitrogen and oxygen atoms in total. The van der Waals surface area contributed by atoms with E-state index in [4.69, 9.17) is 18.9 Å². The van der Waals surface area contributed by atoms with Gasteiger partial charge < -0.3 is 29.4 Å². The number of fused-ring (bicyclic) bond motifs is 2. The van der Waals surface area contributed by atoms with E-state index in [1.807, 2.05) is 24.3 Å². The van der Waals surface area contributed by atoms with Crippen molar-refractivity contribution in [3.05, 3.63) is 47.0 Å². The maximum atomic E-state index is 12.4. The highest BCUT2D eigenvalue weighted by molar-refractivity contribution is 5.76. The molecule has 2 aliphatic rings. The van der Waals surface area contributed by atoms with E-state index < -0.39 is 5.60 Å². The Morgan fingerprint density at radius 2 is 1.90 bits per heavy atom. The second kappa shape index (κ2) is 7.83. The van der Waals surface area contributed by atoms with E-state index >= 15 is 0 Å². The maximum Gasteiger partial charge on any atom is 0.231 e. The summed E-state index contributed by atoms with van der Waals surface area (Å²) in [6, 6.07) is 9.39. The van der Waals surface area contributed by atoms with Crippen LogP contribution in [-0.4, -0.2) is 38.6 Å². The predicted molar refractivity (Wildman–Crippen MR) is 106 cm³/mol. The lowest BCUT2D eigenvalue weighted by Crippen LogP contribution is -2.39. The fraction of sp³-hybridized carbons (Fsp3) is 0.409. The normalized spacial score (nSPS) is 19.0. The number of methoxy groups -OCH3 is 2. The van der Waals surface area contributed by atoms with Gasteiger partial charge in [-0.25, -0.2) is 0 Å². The Kier molecular flexibility index (Phi) is 5.24. The Bertz CT molecular complexity index is 928. The maximum absolute atomic E-state index is 12.4. The molecule has 0 radical (unpaired) electrons. The molecule has 2 N–H and O–H groups in total. The molecule has 1 atom stereocenters. The smallest absolute Gasteiger partial charge is 0.231 e. The van der Waals surface area contributed by atoms with Gasteiger partial charge in [-0.05, 0) is 60.2 Å². The average molecular weight is 399 g/mol. The molecule has 0 spiro atoms. The highest BCUT2D eigenvalue weighted by Gasteiger charge is 2.38. The summed E-state index contributed by atoms with van der Waals surface area (Å²) in [6.07, 6.45) is 2.18. The van der Waals surface area contributed by atoms with Crippen LogP contribution in [0.2, 0.25) is 0 Å². The van der Waals surface area contributed by atoms with Gasteiger partial charge in [-0.2, -0.15) is 0 Å². The number of hydrogen-bond donors (Lipinski definition) is 2. The van der Waals surface area contributed by atoms with Crippen LogP contribution in [0.3, 0.4) is 0 Å². The van der Waals surface area contributed by atoms with Crippen molar-refractivity contribution in [2.75, 3.05) is 27.6 Å². The number of carbonyl (C=O) groups excluding carboxylic acids is 1. The highest BCUT2D eigenvalue weighted by Crippen LogP contribution is 2.42. The van der Waals surface area contributed by atoms with Crippen molar-refractivity contribution in [3.63, 3.8) is 0 Å². The number of nitrogens with one attached hydrogen (secondary N) is 1. The van der Waals surface area contributed by atoms with Crippen LogP contribution in [0.25, 0.3) is 0 Å². The van der Waals surface area contributed by atoms with Gasteiger partial charge in [0.2, 0.25) is 12.7 Å². The summed E-state index contributed by atoms with van der Waals surface area (Å²) < 4.78 is 21.4. The molecule has 7 heteroatoms. The van der Waals surface area contributed by atoms with Crippen LogP contribution < -0.4 is 24.3 Å². The van der Waals surface area contributed by atoms with Crippen LogP contribution in [0, 0.1) is 0 Å². The summed E-state index contributed by atoms with van der Waals surface area (Å²) in [5, 5.41) is 14.0. The lowest BCUT2D eigenvalue weighted by molar-refractivity contribution is -0.122. The van der Waals surface area contributed by atoms with Crippen molar-refractivity contribution >= 4 is 5.91 Å². The summed E-state index contributed by atoms with van der Waals surface area (Å²) in [5.41, 5.74) is 1.70. The number of amides is 1. The van der Waals surface area contributed by atoms with Crippen LogP contribution in [-0.2, 0) is 23.2 Å². The number of benzene rings is 2. The molecule has 0 aromatic heterocycles. The Balaban J connectivity index is 1.36. The van der Waals surface area contributed by atoms with Gasteiger partial charge in [0.1, 0.15) is 5.60 Å². The molecule has 0 saturated carbocycles. The molecule has 0 fully saturated rings. The Labute approximate surface area is 169 Å². The van der Waals surface area contributed by atoms with E-state index in [2.05, 4.69) is 5.32 Å². The third kappa shape index (κ3) is 3.82. The third-order valence-electron chi connectivity index (χ3n) is 5.57. The van der Waals surface area contributed by atoms with Crippen molar-refractivity contribution < 1.29 is 28.8 Å². The minimum Gasteiger partial charge on any atom is -0.493 e. The minimum absolute atomic E-state index is 0.106. The van der Waals surface area contributed by atoms with Crippen molar-refractivity contribution in [1.82, 2.24) is 5.32 Å². The molecule has 2 aromatic rings. The lowest BCUT2D eigenvalue weighted by atomic mass is 9.95. The molecule has 2 aromatic carbocycles. The van der Waals surface area contributed by atoms with Gasteiger partial charge in [0.05, 0.1) is 20.8 Å². The molecular weight excluding hydrogens is 374 g/mol. The SMILES string of the molecule is COc1cc2c(cc1OC)C(O)(CNC(=O)CCc1ccc3c(c1)OCO3)CC2. The molecule has 1 unspecified atom stereocenters. The Morgan fingerprint density at radius 3 is 2.69 bits per heavy atom. The molecule has 1 aliphatic heterocycles. The first-order chi connectivity index (χ1) is 14.0. The van der Waals surface area contributed by atoms with Gasteiger partial charge in [0, 0.05) is 6.42 Å². The van der Waals surface area contributed by atoms with Gasteiger partial charge in [-0.3, -0.25) is 4.79 Å². The average Bonchev–Trinajstić information content (AvgIpc) is 3.34. The summed E-state index contributed by atoms with van der Waals surface area (Å²) in [4.78, 5) is 12.4. The largest absolute Gasteiger partial charge is 0.493 e. The fourth-order valence-corrected chi connectivity index (χ4v) is 3.91. The molecule has 1 heterocycles. The molecule has 0 saturated heterocycles. The summed E-state index contributed by atoms with van der Waals surface area (Å²) in [7, 11) is 3.15. The van der Waals surface area contributed by atoms with Gasteiger partial charge in [-0.1, -0.05) is 6.07 Å². The van der Waals surface area contributed by atoms with E-state index in [9.17, 15) is 9.90 Å². The van der Waals surface area contributed by atoms with E-state index in [0.717, 1.165) is 28.9 Å². The van der Waals surface area contributed by atoms with Crippen molar-refractivity contribution in [2.24, 2.45) is 0 Å². The number of carbonyl (C=O) groups is 1. The van der Waals surface area contributed by atoms with Gasteiger partial charge >= 0.3 is 0 Å². The number of rotatable bonds is 7. The Morgan fingerprint density at radius 1 is 1.14 bits per heavy atom. The van der Waals surface area contributed by atoms with Gasteiger partial charge in [-0.15, -0.1) is 0 Å². The van der Waals surface area contributed by atoms with Crippen molar-refractivity contribution in [2.45, 2.75) is 31.3 Å². The first kappa shape index (κ1) is 19.4. The fourth-order valence-electron chi connectivity index (χ4n) is 3.91. The van der Waals surface area contributed by atoms with Crippen molar-refractivity contribution in [3.8, 4) is 23.0 Å². The topological polar surface area (TPSA) is 86.2 Å². The number of aliphatic hydroxyl groups is 1. The van der Waals surface area contributed by atoms with E-state index in [-0.39, 0.29) is 19.2 Å². The monoisotopic (exact) mass is 399 g/mol. The van der Waals surface area contributed by atoms with Crippen LogP contribution >= 0.6 is 0 Å². The van der Waals surface area contributed by atoms with E-state index in [1.54, 1.807) is 20.3 Å². The second-order valence-electron chi connectivity index (χ2n) is 7.36. The first-order valence-corrected chi connectivity index (χ1v) is 9.65. The van der Waals surface area contributed by atoms with Crippen LogP contribution in [0.1, 0.15) is 29.5 Å². The molecule has 4 rings (SSSR count). The highest BCUT2D eigenvalue weighted by atomic mass is 16.7. The summed E-state index contributed by atoms with van der Waals surface area (Å²) >= 11 is 0. The molecule has 0 bridgehead atoms. The van der Waals surface area contributed by atoms with E-state index in [0.29, 0.717) is 36.5 Å². The standard InChI is InChI=1S/C22H25NO6/c1-26-18-10-15-7-8-22(25,16(15)11-19(18)27-2)12-23-21(24)6-4-14-3-5-17-20(9-14)29-13-28-17/h3,5,9-11,25H,4,6-8,12-13H2,1-2H3,(H,23,24). The van der Waals surface area contributed by atoms with E-state index in [1.165, 1.54) is 0 Å². The van der Waals surface area contributed by atoms with Gasteiger partial charge in [0.25, 0.3) is 0 Å². The van der Waals surface area contributed by atoms with Crippen molar-refractivity contribution in [1.29, 1.82) is 0 Å². The van der Waals surface area contributed by atoms with Crippen LogP contribution in [0.4, 0.5) is 0 Å². The third-order valence-corrected chi connectivity index (χ3v) is 5.57. The quantitative estimate of drug-likeness (QED) is 0.743. The zero-order chi connectivity index (χ0) is 20.4. The first-order valence-electron chi connectivity index (χ1n) is 9.65. The van der Waals surface area contributed by atoms with Gasteiger partial charge in [0.15, 0.2) is 23.0 Å². The number of ether oxygens (including phenoxy) is 4. The summed E-state index contributed by atoms with van der Waals surface area (Å²) in [5.74, 6) is 2.55. The molecule has 1 aliphatic carbocycles. The zero-order valence-corrected chi connectivity index (χ0v) is 16.6. The predicted octanol–water partition coefficient (Wildman–Crippen LogP) is 2.32. The minimum atomic E-state index is -1.11. The Hall–Kier alpha value is -2.93. The summed E-state index contributed by atoms with van der Waals surface area (Å²) in [6.45, 7) is 0.394. The molecule has 29 heavy (non-hydrogen) atoms.